The van der Waals surface area contributed by atoms with Gasteiger partial charge in [0.15, 0.2) is 0 Å². The quantitative estimate of drug-likeness (QED) is 0.759. The lowest BCUT2D eigenvalue weighted by Crippen LogP contribution is -1.94. The molecule has 3 aromatic rings. The molecule has 0 aliphatic carbocycles. The van der Waals surface area contributed by atoms with Crippen molar-refractivity contribution in [1.82, 2.24) is 4.98 Å². The molecular formula is C15H12BrNO2. The number of hydrogen-bond donors (Lipinski definition) is 2. The van der Waals surface area contributed by atoms with Crippen LogP contribution >= 0.6 is 15.9 Å². The SMILES string of the molecule is Oc1ccc(OCc2c[nH]c3cccc(Br)c23)cc1. The van der Waals surface area contributed by atoms with E-state index in [0.29, 0.717) is 6.61 Å². The van der Waals surface area contributed by atoms with Crippen molar-refractivity contribution in [3.8, 4) is 11.5 Å². The fraction of sp³-hybridized carbons (Fsp3) is 0.0667. The minimum atomic E-state index is 0.238. The maximum absolute atomic E-state index is 9.22. The molecule has 0 radical (unpaired) electrons. The molecule has 0 aliphatic rings. The normalized spacial score (nSPS) is 10.8. The van der Waals surface area contributed by atoms with Crippen molar-refractivity contribution in [2.75, 3.05) is 0 Å². The topological polar surface area (TPSA) is 45.2 Å². The minimum absolute atomic E-state index is 0.238. The Bertz CT molecular complexity index is 704. The highest BCUT2D eigenvalue weighted by Gasteiger charge is 2.07. The Labute approximate surface area is 119 Å². The molecule has 3 rings (SSSR count). The lowest BCUT2D eigenvalue weighted by atomic mass is 10.2. The number of aromatic nitrogens is 1. The van der Waals surface area contributed by atoms with Gasteiger partial charge in [-0.25, -0.2) is 0 Å². The Morgan fingerprint density at radius 2 is 1.89 bits per heavy atom. The number of rotatable bonds is 3. The van der Waals surface area contributed by atoms with Crippen LogP contribution in [-0.4, -0.2) is 10.1 Å². The van der Waals surface area contributed by atoms with E-state index < -0.39 is 0 Å². The molecule has 0 unspecified atom stereocenters. The van der Waals surface area contributed by atoms with E-state index in [1.54, 1.807) is 24.3 Å². The fourth-order valence-electron chi connectivity index (χ4n) is 2.03. The van der Waals surface area contributed by atoms with Gasteiger partial charge in [-0.1, -0.05) is 22.0 Å². The van der Waals surface area contributed by atoms with E-state index in [1.165, 1.54) is 0 Å². The van der Waals surface area contributed by atoms with Gasteiger partial charge in [-0.2, -0.15) is 0 Å². The van der Waals surface area contributed by atoms with Crippen LogP contribution in [0.3, 0.4) is 0 Å². The second-order valence-electron chi connectivity index (χ2n) is 4.26. The van der Waals surface area contributed by atoms with E-state index in [0.717, 1.165) is 26.7 Å². The van der Waals surface area contributed by atoms with Gasteiger partial charge < -0.3 is 14.8 Å². The van der Waals surface area contributed by atoms with E-state index in [-0.39, 0.29) is 5.75 Å². The van der Waals surface area contributed by atoms with Crippen LogP contribution < -0.4 is 4.74 Å². The van der Waals surface area contributed by atoms with Gasteiger partial charge in [-0.3, -0.25) is 0 Å². The number of hydrogen-bond acceptors (Lipinski definition) is 2. The van der Waals surface area contributed by atoms with E-state index in [2.05, 4.69) is 20.9 Å². The van der Waals surface area contributed by atoms with E-state index in [4.69, 9.17) is 4.74 Å². The number of ether oxygens (including phenoxy) is 1. The summed E-state index contributed by atoms with van der Waals surface area (Å²) in [6.07, 6.45) is 1.95. The summed E-state index contributed by atoms with van der Waals surface area (Å²) < 4.78 is 6.77. The van der Waals surface area contributed by atoms with Crippen LogP contribution in [0, 0.1) is 0 Å². The Morgan fingerprint density at radius 1 is 1.11 bits per heavy atom. The number of benzene rings is 2. The maximum atomic E-state index is 9.22. The standard InChI is InChI=1S/C15H12BrNO2/c16-13-2-1-3-14-15(13)10(8-17-14)9-19-12-6-4-11(18)5-7-12/h1-8,17-18H,9H2. The van der Waals surface area contributed by atoms with E-state index in [1.807, 2.05) is 24.4 Å². The van der Waals surface area contributed by atoms with Gasteiger partial charge in [0.05, 0.1) is 0 Å². The van der Waals surface area contributed by atoms with Crippen LogP contribution in [0.15, 0.2) is 53.1 Å². The fourth-order valence-corrected chi connectivity index (χ4v) is 2.65. The van der Waals surface area contributed by atoms with Crippen molar-refractivity contribution in [1.29, 1.82) is 0 Å². The largest absolute Gasteiger partial charge is 0.508 e. The number of fused-ring (bicyclic) bond motifs is 1. The molecule has 3 nitrogen and oxygen atoms in total. The van der Waals surface area contributed by atoms with Gasteiger partial charge in [0.25, 0.3) is 0 Å². The zero-order valence-electron chi connectivity index (χ0n) is 10.1. The molecule has 0 bridgehead atoms. The highest BCUT2D eigenvalue weighted by atomic mass is 79.9. The third kappa shape index (κ3) is 2.44. The Balaban J connectivity index is 1.84. The van der Waals surface area contributed by atoms with Crippen molar-refractivity contribution in [2.45, 2.75) is 6.61 Å². The van der Waals surface area contributed by atoms with Crippen LogP contribution in [0.4, 0.5) is 0 Å². The molecule has 19 heavy (non-hydrogen) atoms. The van der Waals surface area contributed by atoms with Crippen LogP contribution in [0.1, 0.15) is 5.56 Å². The van der Waals surface area contributed by atoms with Crippen molar-refractivity contribution < 1.29 is 9.84 Å². The van der Waals surface area contributed by atoms with Crippen molar-refractivity contribution in [3.63, 3.8) is 0 Å². The zero-order valence-corrected chi connectivity index (χ0v) is 11.6. The molecule has 0 fully saturated rings. The summed E-state index contributed by atoms with van der Waals surface area (Å²) in [4.78, 5) is 3.22. The Hall–Kier alpha value is -1.94. The van der Waals surface area contributed by atoms with Gasteiger partial charge in [0.1, 0.15) is 18.1 Å². The van der Waals surface area contributed by atoms with Crippen LogP contribution in [-0.2, 0) is 6.61 Å². The number of aromatic hydroxyl groups is 1. The second kappa shape index (κ2) is 4.97. The van der Waals surface area contributed by atoms with Crippen molar-refractivity contribution >= 4 is 26.8 Å². The summed E-state index contributed by atoms with van der Waals surface area (Å²) in [6.45, 7) is 0.480. The van der Waals surface area contributed by atoms with E-state index in [9.17, 15) is 5.11 Å². The molecule has 1 aromatic heterocycles. The summed E-state index contributed by atoms with van der Waals surface area (Å²) in [6, 6.07) is 12.8. The molecule has 0 spiro atoms. The second-order valence-corrected chi connectivity index (χ2v) is 5.11. The first-order valence-corrected chi connectivity index (χ1v) is 6.69. The number of nitrogens with one attached hydrogen (secondary N) is 1. The Morgan fingerprint density at radius 3 is 2.68 bits per heavy atom. The average molecular weight is 318 g/mol. The lowest BCUT2D eigenvalue weighted by molar-refractivity contribution is 0.307. The van der Waals surface area contributed by atoms with Crippen LogP contribution in [0.25, 0.3) is 10.9 Å². The molecule has 1 heterocycles. The molecule has 0 aliphatic heterocycles. The first-order chi connectivity index (χ1) is 9.24. The summed E-state index contributed by atoms with van der Waals surface area (Å²) in [5.41, 5.74) is 2.18. The molecule has 0 amide bonds. The van der Waals surface area contributed by atoms with Crippen LogP contribution in [0.5, 0.6) is 11.5 Å². The number of phenols is 1. The highest BCUT2D eigenvalue weighted by Crippen LogP contribution is 2.28. The number of H-pyrrole nitrogens is 1. The third-order valence-corrected chi connectivity index (χ3v) is 3.63. The van der Waals surface area contributed by atoms with E-state index >= 15 is 0 Å². The number of halogens is 1. The number of phenolic OH excluding ortho intramolecular Hbond substituents is 1. The molecule has 4 heteroatoms. The first kappa shape index (κ1) is 12.1. The van der Waals surface area contributed by atoms with Gasteiger partial charge in [0, 0.05) is 27.1 Å². The van der Waals surface area contributed by atoms with Gasteiger partial charge >= 0.3 is 0 Å². The average Bonchev–Trinajstić information content (AvgIpc) is 2.83. The maximum Gasteiger partial charge on any atom is 0.120 e. The highest BCUT2D eigenvalue weighted by molar-refractivity contribution is 9.10. The lowest BCUT2D eigenvalue weighted by Gasteiger charge is -2.06. The predicted molar refractivity (Wildman–Crippen MR) is 78.4 cm³/mol. The van der Waals surface area contributed by atoms with Crippen LogP contribution in [0.2, 0.25) is 0 Å². The number of aromatic amines is 1. The summed E-state index contributed by atoms with van der Waals surface area (Å²) in [5, 5.41) is 10.4. The monoisotopic (exact) mass is 317 g/mol. The molecule has 2 N–H and O–H groups in total. The predicted octanol–water partition coefficient (Wildman–Crippen LogP) is 4.22. The van der Waals surface area contributed by atoms with Crippen molar-refractivity contribution in [2.24, 2.45) is 0 Å². The summed E-state index contributed by atoms with van der Waals surface area (Å²) in [7, 11) is 0. The molecule has 2 aromatic carbocycles. The molecule has 96 valence electrons. The van der Waals surface area contributed by atoms with Gasteiger partial charge in [-0.05, 0) is 36.4 Å². The van der Waals surface area contributed by atoms with Gasteiger partial charge in [-0.15, -0.1) is 0 Å². The molecule has 0 atom stereocenters. The summed E-state index contributed by atoms with van der Waals surface area (Å²) in [5.74, 6) is 0.974. The Kier molecular flexibility index (Phi) is 3.17. The third-order valence-electron chi connectivity index (χ3n) is 2.97. The van der Waals surface area contributed by atoms with Gasteiger partial charge in [0.2, 0.25) is 0 Å². The minimum Gasteiger partial charge on any atom is -0.508 e. The smallest absolute Gasteiger partial charge is 0.120 e. The molecule has 0 saturated heterocycles. The zero-order chi connectivity index (χ0) is 13.2. The summed E-state index contributed by atoms with van der Waals surface area (Å²) >= 11 is 3.55. The molecular weight excluding hydrogens is 306 g/mol. The van der Waals surface area contributed by atoms with Crippen molar-refractivity contribution in [3.05, 3.63) is 58.7 Å². The molecule has 0 saturated carbocycles. The first-order valence-electron chi connectivity index (χ1n) is 5.90.